The summed E-state index contributed by atoms with van der Waals surface area (Å²) in [6.45, 7) is 6.61. The quantitative estimate of drug-likeness (QED) is 0.844. The highest BCUT2D eigenvalue weighted by molar-refractivity contribution is 5.47. The third-order valence-electron chi connectivity index (χ3n) is 2.73. The van der Waals surface area contributed by atoms with Crippen LogP contribution in [0.2, 0.25) is 0 Å². The predicted molar refractivity (Wildman–Crippen MR) is 63.6 cm³/mol. The van der Waals surface area contributed by atoms with Gasteiger partial charge in [-0.2, -0.15) is 0 Å². The number of hydrogen-bond acceptors (Lipinski definition) is 4. The van der Waals surface area contributed by atoms with Gasteiger partial charge in [-0.25, -0.2) is 9.97 Å². The Kier molecular flexibility index (Phi) is 3.72. The van der Waals surface area contributed by atoms with E-state index in [1.807, 2.05) is 0 Å². The van der Waals surface area contributed by atoms with Gasteiger partial charge in [0, 0.05) is 24.9 Å². The van der Waals surface area contributed by atoms with Gasteiger partial charge in [-0.1, -0.05) is 13.8 Å². The molecule has 2 heterocycles. The van der Waals surface area contributed by atoms with Crippen molar-refractivity contribution >= 4 is 5.82 Å². The van der Waals surface area contributed by atoms with Gasteiger partial charge in [0.2, 0.25) is 0 Å². The lowest BCUT2D eigenvalue weighted by atomic mass is 10.1. The first kappa shape index (κ1) is 11.3. The van der Waals surface area contributed by atoms with Gasteiger partial charge in [0.25, 0.3) is 0 Å². The van der Waals surface area contributed by atoms with Gasteiger partial charge in [0.1, 0.15) is 11.6 Å². The smallest absolute Gasteiger partial charge is 0.135 e. The zero-order chi connectivity index (χ0) is 11.4. The first-order chi connectivity index (χ1) is 7.85. The predicted octanol–water partition coefficient (Wildman–Crippen LogP) is 1.93. The number of nitrogens with one attached hydrogen (secondary N) is 1. The maximum atomic E-state index is 5.47. The molecule has 16 heavy (non-hydrogen) atoms. The lowest BCUT2D eigenvalue weighted by molar-refractivity contribution is 0.109. The van der Waals surface area contributed by atoms with Crippen LogP contribution in [-0.2, 0) is 24.2 Å². The molecule has 0 unspecified atom stereocenters. The minimum atomic E-state index is 0.644. The average Bonchev–Trinajstić information content (AvgIpc) is 2.35. The van der Waals surface area contributed by atoms with Crippen LogP contribution in [-0.4, -0.2) is 23.1 Å². The Hall–Kier alpha value is -1.16. The van der Waals surface area contributed by atoms with Gasteiger partial charge in [-0.05, 0) is 6.42 Å². The van der Waals surface area contributed by atoms with Crippen LogP contribution in [0.25, 0.3) is 0 Å². The van der Waals surface area contributed by atoms with Crippen LogP contribution in [0.15, 0.2) is 0 Å². The largest absolute Gasteiger partial charge is 0.376 e. The fourth-order valence-electron chi connectivity index (χ4n) is 1.83. The zero-order valence-corrected chi connectivity index (χ0v) is 10.0. The Morgan fingerprint density at radius 1 is 1.31 bits per heavy atom. The number of ether oxygens (including phenoxy) is 1. The number of nitrogens with zero attached hydrogens (tertiary/aromatic N) is 2. The van der Waals surface area contributed by atoms with Crippen molar-refractivity contribution in [1.82, 2.24) is 9.97 Å². The Balaban J connectivity index is 2.31. The van der Waals surface area contributed by atoms with Crippen molar-refractivity contribution < 1.29 is 4.74 Å². The Morgan fingerprint density at radius 3 is 2.94 bits per heavy atom. The molecular formula is C12H19N3O. The van der Waals surface area contributed by atoms with Crippen LogP contribution in [0.5, 0.6) is 0 Å². The third-order valence-corrected chi connectivity index (χ3v) is 2.73. The minimum Gasteiger partial charge on any atom is -0.376 e. The van der Waals surface area contributed by atoms with E-state index < -0.39 is 0 Å². The number of rotatable bonds is 4. The van der Waals surface area contributed by atoms with E-state index in [2.05, 4.69) is 29.1 Å². The molecule has 0 radical (unpaired) electrons. The van der Waals surface area contributed by atoms with E-state index in [9.17, 15) is 0 Å². The first-order valence-corrected chi connectivity index (χ1v) is 6.05. The number of anilines is 1. The topological polar surface area (TPSA) is 47.0 Å². The standard InChI is InChI=1S/C12H19N3O/c1-3-6-13-12-9-8-16-7-5-10(9)14-11(4-2)15-12/h3-8H2,1-2H3,(H,13,14,15). The van der Waals surface area contributed by atoms with Crippen LogP contribution in [0.1, 0.15) is 37.4 Å². The minimum absolute atomic E-state index is 0.644. The molecule has 0 bridgehead atoms. The van der Waals surface area contributed by atoms with Crippen LogP contribution < -0.4 is 5.32 Å². The van der Waals surface area contributed by atoms with Crippen molar-refractivity contribution in [3.05, 3.63) is 17.1 Å². The maximum absolute atomic E-state index is 5.47. The van der Waals surface area contributed by atoms with Crippen molar-refractivity contribution in [3.63, 3.8) is 0 Å². The van der Waals surface area contributed by atoms with Gasteiger partial charge in [0.15, 0.2) is 0 Å². The molecule has 1 N–H and O–H groups in total. The van der Waals surface area contributed by atoms with Crippen molar-refractivity contribution in [2.45, 2.75) is 39.7 Å². The molecule has 1 aliphatic heterocycles. The van der Waals surface area contributed by atoms with Crippen molar-refractivity contribution in [2.24, 2.45) is 0 Å². The van der Waals surface area contributed by atoms with Crippen molar-refractivity contribution in [3.8, 4) is 0 Å². The van der Waals surface area contributed by atoms with Gasteiger partial charge < -0.3 is 10.1 Å². The maximum Gasteiger partial charge on any atom is 0.135 e. The Morgan fingerprint density at radius 2 is 2.19 bits per heavy atom. The molecule has 1 aliphatic rings. The number of aryl methyl sites for hydroxylation is 1. The average molecular weight is 221 g/mol. The summed E-state index contributed by atoms with van der Waals surface area (Å²) >= 11 is 0. The molecule has 1 aromatic heterocycles. The molecule has 0 aliphatic carbocycles. The number of hydrogen-bond donors (Lipinski definition) is 1. The Labute approximate surface area is 96.4 Å². The Bertz CT molecular complexity index is 366. The number of aromatic nitrogens is 2. The van der Waals surface area contributed by atoms with Crippen LogP contribution in [0, 0.1) is 0 Å². The van der Waals surface area contributed by atoms with Gasteiger partial charge in [-0.15, -0.1) is 0 Å². The van der Waals surface area contributed by atoms with E-state index in [-0.39, 0.29) is 0 Å². The SMILES string of the molecule is CCCNc1nc(CC)nc2c1COCC2. The highest BCUT2D eigenvalue weighted by Crippen LogP contribution is 2.22. The first-order valence-electron chi connectivity index (χ1n) is 6.05. The molecule has 1 aromatic rings. The number of fused-ring (bicyclic) bond motifs is 1. The monoisotopic (exact) mass is 221 g/mol. The van der Waals surface area contributed by atoms with E-state index >= 15 is 0 Å². The van der Waals surface area contributed by atoms with Crippen molar-refractivity contribution in [1.29, 1.82) is 0 Å². The molecule has 88 valence electrons. The second-order valence-electron chi connectivity index (χ2n) is 4.00. The van der Waals surface area contributed by atoms with E-state index in [0.717, 1.165) is 55.3 Å². The van der Waals surface area contributed by atoms with Crippen LogP contribution in [0.4, 0.5) is 5.82 Å². The normalized spacial score (nSPS) is 14.6. The van der Waals surface area contributed by atoms with Crippen LogP contribution in [0.3, 0.4) is 0 Å². The summed E-state index contributed by atoms with van der Waals surface area (Å²) in [5, 5.41) is 3.37. The van der Waals surface area contributed by atoms with E-state index in [1.54, 1.807) is 0 Å². The lowest BCUT2D eigenvalue weighted by Gasteiger charge is -2.19. The summed E-state index contributed by atoms with van der Waals surface area (Å²) in [4.78, 5) is 9.11. The van der Waals surface area contributed by atoms with E-state index in [4.69, 9.17) is 4.74 Å². The summed E-state index contributed by atoms with van der Waals surface area (Å²) in [7, 11) is 0. The fourth-order valence-corrected chi connectivity index (χ4v) is 1.83. The molecule has 4 nitrogen and oxygen atoms in total. The molecular weight excluding hydrogens is 202 g/mol. The molecule has 0 saturated heterocycles. The third kappa shape index (κ3) is 2.32. The van der Waals surface area contributed by atoms with E-state index in [0.29, 0.717) is 6.61 Å². The summed E-state index contributed by atoms with van der Waals surface area (Å²) in [6.07, 6.45) is 2.89. The second-order valence-corrected chi connectivity index (χ2v) is 4.00. The second kappa shape index (κ2) is 5.25. The molecule has 2 rings (SSSR count). The molecule has 0 amide bonds. The summed E-state index contributed by atoms with van der Waals surface area (Å²) in [5.74, 6) is 1.91. The molecule has 4 heteroatoms. The zero-order valence-electron chi connectivity index (χ0n) is 10.0. The summed E-state index contributed by atoms with van der Waals surface area (Å²) < 4.78 is 5.47. The van der Waals surface area contributed by atoms with Gasteiger partial charge in [-0.3, -0.25) is 0 Å². The molecule has 0 aromatic carbocycles. The molecule has 0 spiro atoms. The fraction of sp³-hybridized carbons (Fsp3) is 0.667. The van der Waals surface area contributed by atoms with Gasteiger partial charge in [0.05, 0.1) is 18.9 Å². The molecule has 0 fully saturated rings. The van der Waals surface area contributed by atoms with E-state index in [1.165, 1.54) is 0 Å². The van der Waals surface area contributed by atoms with Crippen molar-refractivity contribution in [2.75, 3.05) is 18.5 Å². The summed E-state index contributed by atoms with van der Waals surface area (Å²) in [5.41, 5.74) is 2.31. The van der Waals surface area contributed by atoms with Crippen LogP contribution >= 0.6 is 0 Å². The van der Waals surface area contributed by atoms with Gasteiger partial charge >= 0.3 is 0 Å². The molecule has 0 atom stereocenters. The lowest BCUT2D eigenvalue weighted by Crippen LogP contribution is -2.18. The highest BCUT2D eigenvalue weighted by Gasteiger charge is 2.17. The molecule has 0 saturated carbocycles. The highest BCUT2D eigenvalue weighted by atomic mass is 16.5. The summed E-state index contributed by atoms with van der Waals surface area (Å²) in [6, 6.07) is 0.